The highest BCUT2D eigenvalue weighted by atomic mass is 35.5. The van der Waals surface area contributed by atoms with Crippen LogP contribution in [0.4, 0.5) is 11.5 Å². The van der Waals surface area contributed by atoms with Gasteiger partial charge >= 0.3 is 0 Å². The number of carbonyl (C=O) groups is 2. The smallest absolute Gasteiger partial charge is 0.256 e. The average molecular weight is 411 g/mol. The quantitative estimate of drug-likeness (QED) is 0.719. The van der Waals surface area contributed by atoms with Gasteiger partial charge in [0.05, 0.1) is 11.9 Å². The van der Waals surface area contributed by atoms with Crippen molar-refractivity contribution in [1.29, 1.82) is 0 Å². The van der Waals surface area contributed by atoms with Gasteiger partial charge in [-0.25, -0.2) is 4.98 Å². The number of hydrogen-bond donors (Lipinski definition) is 3. The molecular formula is C19H24Cl2N4O2. The Labute approximate surface area is 171 Å². The lowest BCUT2D eigenvalue weighted by Crippen LogP contribution is -2.40. The molecule has 0 spiro atoms. The van der Waals surface area contributed by atoms with Gasteiger partial charge in [0.15, 0.2) is 0 Å². The third-order valence-corrected chi connectivity index (χ3v) is 4.30. The molecule has 8 heteroatoms. The monoisotopic (exact) mass is 410 g/mol. The third kappa shape index (κ3) is 6.50. The molecule has 1 aromatic heterocycles. The van der Waals surface area contributed by atoms with Gasteiger partial charge in [-0.15, -0.1) is 24.8 Å². The molecule has 6 nitrogen and oxygen atoms in total. The average Bonchev–Trinajstić information content (AvgIpc) is 2.64. The summed E-state index contributed by atoms with van der Waals surface area (Å²) in [4.78, 5) is 28.6. The van der Waals surface area contributed by atoms with Crippen molar-refractivity contribution < 1.29 is 9.59 Å². The summed E-state index contributed by atoms with van der Waals surface area (Å²) in [5.41, 5.74) is 1.20. The van der Waals surface area contributed by atoms with E-state index < -0.39 is 0 Å². The number of hydrogen-bond acceptors (Lipinski definition) is 4. The van der Waals surface area contributed by atoms with Gasteiger partial charge in [-0.1, -0.05) is 18.2 Å². The lowest BCUT2D eigenvalue weighted by Gasteiger charge is -2.27. The maximum Gasteiger partial charge on any atom is 0.256 e. The second kappa shape index (κ2) is 10.9. The van der Waals surface area contributed by atoms with Crippen LogP contribution >= 0.6 is 24.8 Å². The first-order valence-corrected chi connectivity index (χ1v) is 8.48. The van der Waals surface area contributed by atoms with Crippen LogP contribution in [0.15, 0.2) is 48.7 Å². The number of carbonyl (C=O) groups excluding carboxylic acids is 2. The van der Waals surface area contributed by atoms with Crippen LogP contribution in [0, 0.1) is 5.92 Å². The lowest BCUT2D eigenvalue weighted by atomic mass is 9.92. The summed E-state index contributed by atoms with van der Waals surface area (Å²) in [6.45, 7) is 2.95. The molecular weight excluding hydrogens is 387 g/mol. The zero-order valence-electron chi connectivity index (χ0n) is 15.0. The number of nitrogens with zero attached hydrogens (tertiary/aromatic N) is 1. The van der Waals surface area contributed by atoms with E-state index in [4.69, 9.17) is 0 Å². The minimum Gasteiger partial charge on any atom is -0.324 e. The summed E-state index contributed by atoms with van der Waals surface area (Å²) in [6, 6.07) is 12.7. The van der Waals surface area contributed by atoms with Crippen LogP contribution in [-0.4, -0.2) is 29.4 Å². The highest BCUT2D eigenvalue weighted by Crippen LogP contribution is 2.19. The van der Waals surface area contributed by atoms with E-state index in [2.05, 4.69) is 27.9 Å². The van der Waals surface area contributed by atoms with E-state index in [1.54, 1.807) is 30.5 Å². The minimum absolute atomic E-state index is 0. The molecule has 0 bridgehead atoms. The molecule has 0 aliphatic carbocycles. The highest BCUT2D eigenvalue weighted by molar-refractivity contribution is 6.03. The van der Waals surface area contributed by atoms with Gasteiger partial charge in [0.2, 0.25) is 5.91 Å². The first-order chi connectivity index (χ1) is 12.1. The minimum atomic E-state index is -0.214. The van der Waals surface area contributed by atoms with Crippen molar-refractivity contribution in [1.82, 2.24) is 10.3 Å². The Morgan fingerprint density at radius 2 is 1.81 bits per heavy atom. The van der Waals surface area contributed by atoms with Crippen LogP contribution < -0.4 is 16.0 Å². The number of anilines is 2. The van der Waals surface area contributed by atoms with Gasteiger partial charge in [0.25, 0.3) is 5.91 Å². The van der Waals surface area contributed by atoms with Crippen LogP contribution in [0.5, 0.6) is 0 Å². The van der Waals surface area contributed by atoms with E-state index in [1.165, 1.54) is 0 Å². The maximum atomic E-state index is 12.3. The molecule has 1 aliphatic heterocycles. The fourth-order valence-electron chi connectivity index (χ4n) is 2.93. The number of benzene rings is 1. The highest BCUT2D eigenvalue weighted by Gasteiger charge is 2.24. The third-order valence-electron chi connectivity index (χ3n) is 4.30. The number of nitrogens with one attached hydrogen (secondary N) is 3. The van der Waals surface area contributed by atoms with E-state index in [-0.39, 0.29) is 42.5 Å². The maximum absolute atomic E-state index is 12.3. The number of pyridine rings is 1. The normalized spacial score (nSPS) is 18.4. The van der Waals surface area contributed by atoms with E-state index >= 15 is 0 Å². The van der Waals surface area contributed by atoms with Crippen LogP contribution in [0.25, 0.3) is 0 Å². The summed E-state index contributed by atoms with van der Waals surface area (Å²) < 4.78 is 0. The molecule has 146 valence electrons. The predicted octanol–water partition coefficient (Wildman–Crippen LogP) is 3.50. The fraction of sp³-hybridized carbons (Fsp3) is 0.316. The van der Waals surface area contributed by atoms with Crippen molar-refractivity contribution in [3.63, 3.8) is 0 Å². The first kappa shape index (κ1) is 22.9. The molecule has 2 atom stereocenters. The van der Waals surface area contributed by atoms with Gasteiger partial charge in [-0.05, 0) is 50.6 Å². The Balaban J connectivity index is 0.00000182. The van der Waals surface area contributed by atoms with Crippen molar-refractivity contribution >= 4 is 48.1 Å². The fourth-order valence-corrected chi connectivity index (χ4v) is 2.93. The van der Waals surface area contributed by atoms with E-state index in [9.17, 15) is 9.59 Å². The van der Waals surface area contributed by atoms with Crippen molar-refractivity contribution in [2.24, 2.45) is 5.92 Å². The first-order valence-electron chi connectivity index (χ1n) is 8.48. The van der Waals surface area contributed by atoms with Crippen molar-refractivity contribution in [2.75, 3.05) is 17.2 Å². The SMILES string of the molecule is C[C@H]1C[C@@H](C(=O)Nc2ccc(NC(=O)c3ccccc3)nc2)CCN1.Cl.Cl. The Morgan fingerprint density at radius 3 is 2.44 bits per heavy atom. The van der Waals surface area contributed by atoms with Crippen LogP contribution in [0.3, 0.4) is 0 Å². The summed E-state index contributed by atoms with van der Waals surface area (Å²) in [5.74, 6) is 0.279. The topological polar surface area (TPSA) is 83.1 Å². The molecule has 3 N–H and O–H groups in total. The molecule has 0 saturated carbocycles. The molecule has 0 unspecified atom stereocenters. The van der Waals surface area contributed by atoms with Crippen LogP contribution in [0.1, 0.15) is 30.1 Å². The van der Waals surface area contributed by atoms with Gasteiger partial charge in [0, 0.05) is 17.5 Å². The van der Waals surface area contributed by atoms with Crippen molar-refractivity contribution in [3.8, 4) is 0 Å². The molecule has 3 rings (SSSR count). The lowest BCUT2D eigenvalue weighted by molar-refractivity contribution is -0.120. The van der Waals surface area contributed by atoms with Gasteiger partial charge in [0.1, 0.15) is 5.82 Å². The zero-order valence-corrected chi connectivity index (χ0v) is 16.6. The molecule has 0 radical (unpaired) electrons. The number of aromatic nitrogens is 1. The van der Waals surface area contributed by atoms with Crippen molar-refractivity contribution in [2.45, 2.75) is 25.8 Å². The van der Waals surface area contributed by atoms with Gasteiger partial charge < -0.3 is 16.0 Å². The Kier molecular flexibility index (Phi) is 9.21. The molecule has 2 heterocycles. The van der Waals surface area contributed by atoms with Gasteiger partial charge in [-0.2, -0.15) is 0 Å². The van der Waals surface area contributed by atoms with E-state index in [0.29, 0.717) is 23.1 Å². The molecule has 2 amide bonds. The van der Waals surface area contributed by atoms with Crippen LogP contribution in [-0.2, 0) is 4.79 Å². The zero-order chi connectivity index (χ0) is 17.6. The predicted molar refractivity (Wildman–Crippen MR) is 112 cm³/mol. The summed E-state index contributed by atoms with van der Waals surface area (Å²) in [6.07, 6.45) is 3.24. The van der Waals surface area contributed by atoms with Gasteiger partial charge in [-0.3, -0.25) is 9.59 Å². The molecule has 1 aromatic carbocycles. The molecule has 1 saturated heterocycles. The standard InChI is InChI=1S/C19H22N4O2.2ClH/c1-13-11-15(9-10-20-13)19(25)22-16-7-8-17(21-12-16)23-18(24)14-5-3-2-4-6-14;;/h2-8,12-13,15,20H,9-11H2,1H3,(H,22,25)(H,21,23,24);2*1H/t13-,15-;;/m0../s1. The molecule has 1 fully saturated rings. The van der Waals surface area contributed by atoms with Crippen LogP contribution in [0.2, 0.25) is 0 Å². The molecule has 1 aliphatic rings. The number of rotatable bonds is 4. The Hall–Kier alpha value is -2.15. The summed E-state index contributed by atoms with van der Waals surface area (Å²) in [5, 5.41) is 8.98. The second-order valence-corrected chi connectivity index (χ2v) is 6.32. The molecule has 27 heavy (non-hydrogen) atoms. The summed E-state index contributed by atoms with van der Waals surface area (Å²) >= 11 is 0. The number of halogens is 2. The largest absolute Gasteiger partial charge is 0.324 e. The number of piperidine rings is 1. The second-order valence-electron chi connectivity index (χ2n) is 6.32. The van der Waals surface area contributed by atoms with E-state index in [0.717, 1.165) is 19.4 Å². The number of amides is 2. The molecule has 2 aromatic rings. The van der Waals surface area contributed by atoms with E-state index in [1.807, 2.05) is 18.2 Å². The Morgan fingerprint density at radius 1 is 1.07 bits per heavy atom. The Bertz CT molecular complexity index is 741. The van der Waals surface area contributed by atoms with Crippen molar-refractivity contribution in [3.05, 3.63) is 54.2 Å². The summed E-state index contributed by atoms with van der Waals surface area (Å²) in [7, 11) is 0.